The highest BCUT2D eigenvalue weighted by molar-refractivity contribution is 6.31. The summed E-state index contributed by atoms with van der Waals surface area (Å²) in [5.74, 6) is 0.621. The van der Waals surface area contributed by atoms with Gasteiger partial charge in [-0.2, -0.15) is 5.10 Å². The van der Waals surface area contributed by atoms with Crippen LogP contribution in [0.3, 0.4) is 0 Å². The number of fused-ring (bicyclic) bond motifs is 1. The summed E-state index contributed by atoms with van der Waals surface area (Å²) in [6, 6.07) is 12.4. The molecule has 6 rings (SSSR count). The highest BCUT2D eigenvalue weighted by Crippen LogP contribution is 2.33. The maximum atomic E-state index is 15.5. The molecular weight excluding hydrogens is 481 g/mol. The Kier molecular flexibility index (Phi) is 5.63. The van der Waals surface area contributed by atoms with E-state index >= 15 is 4.39 Å². The zero-order chi connectivity index (χ0) is 25.0. The molecule has 1 amide bonds. The molecule has 3 heterocycles. The second-order valence-corrected chi connectivity index (χ2v) is 10.2. The van der Waals surface area contributed by atoms with E-state index in [2.05, 4.69) is 10.1 Å². The minimum Gasteiger partial charge on any atom is -0.342 e. The molecule has 1 saturated carbocycles. The fraction of sp³-hybridized carbons (Fsp3) is 0.333. The molecule has 36 heavy (non-hydrogen) atoms. The molecule has 2 aromatic carbocycles. The van der Waals surface area contributed by atoms with Crippen LogP contribution in [0, 0.1) is 17.7 Å². The summed E-state index contributed by atoms with van der Waals surface area (Å²) in [7, 11) is 1.57. The number of carbonyl (C=O) groups is 1. The van der Waals surface area contributed by atoms with Gasteiger partial charge in [0.1, 0.15) is 11.6 Å². The van der Waals surface area contributed by atoms with Gasteiger partial charge in [0.05, 0.1) is 16.2 Å². The molecule has 9 heteroatoms. The number of benzene rings is 2. The second-order valence-electron chi connectivity index (χ2n) is 9.80. The second kappa shape index (κ2) is 8.85. The van der Waals surface area contributed by atoms with Crippen LogP contribution < -0.4 is 5.69 Å². The number of aromatic nitrogens is 4. The van der Waals surface area contributed by atoms with E-state index < -0.39 is 11.5 Å². The van der Waals surface area contributed by atoms with Crippen molar-refractivity contribution in [3.8, 4) is 16.8 Å². The molecular formula is C27H25ClFN5O2. The van der Waals surface area contributed by atoms with Crippen molar-refractivity contribution in [2.75, 3.05) is 13.1 Å². The molecule has 0 spiro atoms. The van der Waals surface area contributed by atoms with Crippen LogP contribution in [-0.2, 0) is 18.3 Å². The van der Waals surface area contributed by atoms with Gasteiger partial charge in [0.15, 0.2) is 0 Å². The topological polar surface area (TPSA) is 73.0 Å². The lowest BCUT2D eigenvalue weighted by Gasteiger charge is -2.16. The van der Waals surface area contributed by atoms with Crippen LogP contribution in [0.15, 0.2) is 53.5 Å². The molecule has 1 atom stereocenters. The summed E-state index contributed by atoms with van der Waals surface area (Å²) < 4.78 is 18.0. The largest absolute Gasteiger partial charge is 0.350 e. The first-order valence-electron chi connectivity index (χ1n) is 12.2. The Morgan fingerprint density at radius 2 is 1.89 bits per heavy atom. The molecule has 1 saturated heterocycles. The van der Waals surface area contributed by atoms with Gasteiger partial charge in [-0.25, -0.2) is 18.4 Å². The minimum absolute atomic E-state index is 0.168. The number of hydrogen-bond acceptors (Lipinski definition) is 4. The maximum Gasteiger partial charge on any atom is 0.350 e. The van der Waals surface area contributed by atoms with Crippen molar-refractivity contribution >= 4 is 28.4 Å². The Labute approximate surface area is 212 Å². The maximum absolute atomic E-state index is 15.5. The summed E-state index contributed by atoms with van der Waals surface area (Å²) >= 11 is 6.02. The summed E-state index contributed by atoms with van der Waals surface area (Å²) in [6.07, 6.45) is 4.91. The van der Waals surface area contributed by atoms with Gasteiger partial charge in [-0.3, -0.25) is 9.78 Å². The first-order chi connectivity index (χ1) is 17.4. The van der Waals surface area contributed by atoms with Crippen LogP contribution in [0.4, 0.5) is 4.39 Å². The van der Waals surface area contributed by atoms with Gasteiger partial charge in [-0.1, -0.05) is 29.8 Å². The smallest absolute Gasteiger partial charge is 0.342 e. The van der Waals surface area contributed by atoms with Crippen LogP contribution in [0.5, 0.6) is 0 Å². The number of pyridine rings is 1. The summed E-state index contributed by atoms with van der Waals surface area (Å²) in [5, 5.41) is 5.87. The van der Waals surface area contributed by atoms with Crippen molar-refractivity contribution < 1.29 is 9.18 Å². The molecule has 1 aliphatic heterocycles. The number of aryl methyl sites for hydroxylation is 1. The highest BCUT2D eigenvalue weighted by atomic mass is 35.5. The first-order valence-corrected chi connectivity index (χ1v) is 12.5. The summed E-state index contributed by atoms with van der Waals surface area (Å²) in [4.78, 5) is 31.6. The summed E-state index contributed by atoms with van der Waals surface area (Å²) in [5.41, 5.74) is 2.03. The average molecular weight is 506 g/mol. The molecule has 0 bridgehead atoms. The predicted molar refractivity (Wildman–Crippen MR) is 136 cm³/mol. The lowest BCUT2D eigenvalue weighted by atomic mass is 10.0. The molecule has 4 aromatic rings. The van der Waals surface area contributed by atoms with Crippen molar-refractivity contribution in [3.05, 3.63) is 75.8 Å². The Hall–Kier alpha value is -3.52. The van der Waals surface area contributed by atoms with Crippen molar-refractivity contribution in [1.29, 1.82) is 0 Å². The van der Waals surface area contributed by atoms with Gasteiger partial charge in [0.2, 0.25) is 5.91 Å². The van der Waals surface area contributed by atoms with Crippen molar-refractivity contribution in [2.24, 2.45) is 18.9 Å². The number of hydrogen-bond donors (Lipinski definition) is 0. The van der Waals surface area contributed by atoms with Gasteiger partial charge in [-0.15, -0.1) is 0 Å². The van der Waals surface area contributed by atoms with Crippen molar-refractivity contribution in [3.63, 3.8) is 0 Å². The Balaban J connectivity index is 1.28. The van der Waals surface area contributed by atoms with E-state index in [1.165, 1.54) is 15.3 Å². The third-order valence-electron chi connectivity index (χ3n) is 7.16. The van der Waals surface area contributed by atoms with Crippen LogP contribution in [0.25, 0.3) is 27.7 Å². The Bertz CT molecular complexity index is 1560. The standard InChI is InChI=1S/C27H25ClFN5O2/c1-32-27(36)34(25(31-32)10-16-8-9-33(15-16)26(35)17-2-3-17)24-7-6-18(12-22(24)29)19-4-5-20-11-21(28)14-30-23(20)13-19/h4-7,11-14,16-17H,2-3,8-10,15H2,1H3. The first kappa shape index (κ1) is 22.9. The zero-order valence-electron chi connectivity index (χ0n) is 19.8. The molecule has 0 N–H and O–H groups in total. The fourth-order valence-electron chi connectivity index (χ4n) is 5.08. The van der Waals surface area contributed by atoms with Crippen molar-refractivity contribution in [2.45, 2.75) is 25.7 Å². The van der Waals surface area contributed by atoms with E-state index in [1.54, 1.807) is 25.4 Å². The lowest BCUT2D eigenvalue weighted by Crippen LogP contribution is -2.30. The molecule has 7 nitrogen and oxygen atoms in total. The van der Waals surface area contributed by atoms with Crippen molar-refractivity contribution in [1.82, 2.24) is 24.2 Å². The zero-order valence-corrected chi connectivity index (χ0v) is 20.6. The van der Waals surface area contributed by atoms with Gasteiger partial charge >= 0.3 is 5.69 Å². The van der Waals surface area contributed by atoms with Crippen LogP contribution in [-0.4, -0.2) is 43.2 Å². The third-order valence-corrected chi connectivity index (χ3v) is 7.37. The number of rotatable bonds is 5. The molecule has 184 valence electrons. The van der Waals surface area contributed by atoms with E-state index in [1.807, 2.05) is 29.2 Å². The minimum atomic E-state index is -0.509. The summed E-state index contributed by atoms with van der Waals surface area (Å²) in [6.45, 7) is 1.38. The van der Waals surface area contributed by atoms with Gasteiger partial charge in [0.25, 0.3) is 0 Å². The highest BCUT2D eigenvalue weighted by Gasteiger charge is 2.37. The molecule has 1 unspecified atom stereocenters. The SMILES string of the molecule is Cn1nc(CC2CCN(C(=O)C3CC3)C2)n(-c2ccc(-c3ccc4cc(Cl)cnc4c3)cc2F)c1=O. The molecule has 2 aromatic heterocycles. The normalized spacial score (nSPS) is 17.8. The third kappa shape index (κ3) is 4.19. The Morgan fingerprint density at radius 3 is 2.67 bits per heavy atom. The number of likely N-dealkylation sites (tertiary alicyclic amines) is 1. The number of halogens is 2. The van der Waals surface area contributed by atoms with E-state index in [0.717, 1.165) is 42.3 Å². The monoisotopic (exact) mass is 505 g/mol. The predicted octanol–water partition coefficient (Wildman–Crippen LogP) is 4.38. The number of nitrogens with zero attached hydrogens (tertiary/aromatic N) is 5. The number of carbonyl (C=O) groups excluding carboxylic acids is 1. The van der Waals surface area contributed by atoms with E-state index in [9.17, 15) is 9.59 Å². The van der Waals surface area contributed by atoms with E-state index in [4.69, 9.17) is 11.6 Å². The van der Waals surface area contributed by atoms with Crippen LogP contribution >= 0.6 is 11.6 Å². The van der Waals surface area contributed by atoms with E-state index in [0.29, 0.717) is 29.4 Å². The van der Waals surface area contributed by atoms with Gasteiger partial charge in [0, 0.05) is 44.1 Å². The van der Waals surface area contributed by atoms with E-state index in [-0.39, 0.29) is 23.4 Å². The molecule has 2 aliphatic rings. The number of amides is 1. The molecule has 0 radical (unpaired) electrons. The molecule has 1 aliphatic carbocycles. The van der Waals surface area contributed by atoms with Gasteiger partial charge < -0.3 is 4.90 Å². The lowest BCUT2D eigenvalue weighted by molar-refractivity contribution is -0.131. The quantitative estimate of drug-likeness (QED) is 0.403. The fourth-order valence-corrected chi connectivity index (χ4v) is 5.24. The molecule has 2 fully saturated rings. The van der Waals surface area contributed by atoms with Gasteiger partial charge in [-0.05, 0) is 60.6 Å². The Morgan fingerprint density at radius 1 is 1.11 bits per heavy atom. The van der Waals surface area contributed by atoms with Crippen LogP contribution in [0.2, 0.25) is 5.02 Å². The average Bonchev–Trinajstić information content (AvgIpc) is 3.55. The van der Waals surface area contributed by atoms with Crippen LogP contribution in [0.1, 0.15) is 25.1 Å².